The van der Waals surface area contributed by atoms with E-state index in [2.05, 4.69) is 19.9 Å². The quantitative estimate of drug-likeness (QED) is 0.0354. The van der Waals surface area contributed by atoms with Crippen molar-refractivity contribution in [2.45, 2.75) is 76.6 Å². The third-order valence-corrected chi connectivity index (χ3v) is 9.58. The summed E-state index contributed by atoms with van der Waals surface area (Å²) in [7, 11) is 0. The Morgan fingerprint density at radius 3 is 1.59 bits per heavy atom. The zero-order chi connectivity index (χ0) is 44.0. The molecule has 312 valence electrons. The second-order valence-electron chi connectivity index (χ2n) is 13.7. The van der Waals surface area contributed by atoms with Gasteiger partial charge in [0.15, 0.2) is 22.6 Å². The van der Waals surface area contributed by atoms with Crippen LogP contribution in [0.15, 0.2) is 36.4 Å². The largest absolute Gasteiger partial charge is 1.00 e. The van der Waals surface area contributed by atoms with Gasteiger partial charge in [-0.05, 0) is 57.9 Å². The van der Waals surface area contributed by atoms with E-state index in [1.807, 2.05) is 5.32 Å². The number of aliphatic hydroxyl groups is 3. The van der Waals surface area contributed by atoms with Crippen molar-refractivity contribution >= 4 is 53.0 Å². The Bertz CT molecular complexity index is 1990. The molecule has 4 rings (SSSR count). The van der Waals surface area contributed by atoms with Crippen molar-refractivity contribution in [2.75, 3.05) is 23.8 Å². The number of rotatable bonds is 9. The molecule has 1 saturated heterocycles. The summed E-state index contributed by atoms with van der Waals surface area (Å²) >= 11 is 0. The van der Waals surface area contributed by atoms with Crippen molar-refractivity contribution in [3.05, 3.63) is 70.4 Å². The van der Waals surface area contributed by atoms with E-state index in [0.29, 0.717) is 18.6 Å². The molecule has 1 aliphatic carbocycles. The monoisotopic (exact) mass is 896 g/mol. The number of anilines is 2. The molecule has 1 aliphatic heterocycles. The molecule has 2 fully saturated rings. The van der Waals surface area contributed by atoms with E-state index in [-0.39, 0.29) is 128 Å². The molecule has 59 heavy (non-hydrogen) atoms. The van der Waals surface area contributed by atoms with Gasteiger partial charge in [-0.25, -0.2) is 14.5 Å². The number of aliphatic hydroxyl groups excluding tert-OH is 1. The predicted molar refractivity (Wildman–Crippen MR) is 180 cm³/mol. The molecule has 4 atom stereocenters. The van der Waals surface area contributed by atoms with Crippen LogP contribution in [0, 0.1) is 24.0 Å². The van der Waals surface area contributed by atoms with Crippen LogP contribution in [-0.4, -0.2) is 75.6 Å². The molecule has 0 radical (unpaired) electrons. The second kappa shape index (κ2) is 21.5. The summed E-state index contributed by atoms with van der Waals surface area (Å²) in [5, 5.41) is 41.3. The first-order valence-electron chi connectivity index (χ1n) is 16.0. The Kier molecular flexibility index (Phi) is 20.6. The van der Waals surface area contributed by atoms with E-state index in [1.54, 1.807) is 20.8 Å². The van der Waals surface area contributed by atoms with Gasteiger partial charge in [0.1, 0.15) is 6.61 Å². The van der Waals surface area contributed by atoms with Crippen LogP contribution in [0.5, 0.6) is 0 Å². The molecule has 2 aliphatic rings. The SMILES string of the molecule is O=CO[O-].[C-]#[N+]c1ccc(NC(=O)C(C)(O)CO)cc1C(F)(F)F.[C-]#[N+]c1ccc(NC(=O)C(C)(O)COC(=O)C23CCC(C)(C(=O)O2)C3(C)C)cc1C(F)(F)F.[H-].[K+].[K+]. The first kappa shape index (κ1) is 56.5. The number of amides is 2. The number of esters is 2. The summed E-state index contributed by atoms with van der Waals surface area (Å²) in [5.74, 6) is -3.61. The average Bonchev–Trinajstić information content (AvgIpc) is 3.43. The Labute approximate surface area is 419 Å². The molecular weight excluding hydrogens is 861 g/mol. The normalized spacial score (nSPS) is 20.5. The summed E-state index contributed by atoms with van der Waals surface area (Å²) in [6.45, 7) is 18.8. The van der Waals surface area contributed by atoms with Crippen molar-refractivity contribution in [1.82, 2.24) is 0 Å². The molecule has 2 aromatic carbocycles. The zero-order valence-electron chi connectivity index (χ0n) is 33.5. The number of carbonyl (C=O) groups excluding carboxylic acids is 5. The minimum absolute atomic E-state index is 0. The van der Waals surface area contributed by atoms with Crippen LogP contribution in [-0.2, 0) is 50.7 Å². The number of carbonyl (C=O) groups is 5. The fraction of sp³-hybridized carbons (Fsp3) is 0.457. The number of hydrogen-bond acceptors (Lipinski definition) is 12. The number of fused-ring (bicyclic) bond motifs is 2. The topological polar surface area (TPSA) is 230 Å². The van der Waals surface area contributed by atoms with Crippen LogP contribution in [0.3, 0.4) is 0 Å². The number of halogens is 6. The maximum Gasteiger partial charge on any atom is 1.00 e. The van der Waals surface area contributed by atoms with Crippen molar-refractivity contribution < 1.29 is 189 Å². The standard InChI is InChI=1S/C22H23F3N2O6.C12H11F3N2O3.CH2O3.2K.H/c1-18(2)19(3)8-9-21(18,33-16(19)29)17(30)32-11-20(4,31)15(28)27-12-6-7-14(26-5)13(10-12)22(23,24)25;1-11(20,6-18)10(19)17-7-3-4-9(16-2)8(5-7)12(13,14)15;2-1-4-3;;;/h6-7,10,31H,8-9,11H2,1-4H3,(H,27,28);3-5,18,20H,6H2,1H3,(H,17,19);1,3H;;;/q;;;2*+1;-1/p-1. The third kappa shape index (κ3) is 12.8. The van der Waals surface area contributed by atoms with Crippen molar-refractivity contribution in [3.8, 4) is 0 Å². The third-order valence-electron chi connectivity index (χ3n) is 9.58. The molecule has 5 N–H and O–H groups in total. The average molecular weight is 897 g/mol. The fourth-order valence-corrected chi connectivity index (χ4v) is 5.57. The molecule has 4 unspecified atom stereocenters. The van der Waals surface area contributed by atoms with Crippen LogP contribution in [0.4, 0.5) is 49.1 Å². The number of benzene rings is 2. The van der Waals surface area contributed by atoms with E-state index in [4.69, 9.17) is 37.8 Å². The van der Waals surface area contributed by atoms with Crippen LogP contribution in [0.25, 0.3) is 9.69 Å². The molecule has 0 spiro atoms. The Balaban J connectivity index is 0. The molecule has 16 nitrogen and oxygen atoms in total. The minimum Gasteiger partial charge on any atom is -1.00 e. The first-order valence-corrected chi connectivity index (χ1v) is 16.0. The first-order chi connectivity index (χ1) is 26.0. The number of alkyl halides is 6. The maximum absolute atomic E-state index is 13.1. The van der Waals surface area contributed by atoms with Gasteiger partial charge in [0.25, 0.3) is 18.3 Å². The summed E-state index contributed by atoms with van der Waals surface area (Å²) in [5.41, 5.74) is -11.9. The molecule has 1 saturated carbocycles. The molecular formula is C35H36F6K2N4O12. The fourth-order valence-electron chi connectivity index (χ4n) is 5.57. The van der Waals surface area contributed by atoms with E-state index >= 15 is 0 Å². The molecule has 2 bridgehead atoms. The molecule has 0 aromatic heterocycles. The van der Waals surface area contributed by atoms with Crippen LogP contribution in [0.1, 0.15) is 60.0 Å². The molecule has 24 heteroatoms. The minimum atomic E-state index is -4.82. The van der Waals surface area contributed by atoms with Gasteiger partial charge >= 0.3 is 127 Å². The van der Waals surface area contributed by atoms with Gasteiger partial charge in [0.2, 0.25) is 5.60 Å². The molecule has 2 amide bonds. The van der Waals surface area contributed by atoms with Gasteiger partial charge in [-0.3, -0.25) is 19.2 Å². The van der Waals surface area contributed by atoms with Gasteiger partial charge in [-0.15, -0.1) is 0 Å². The Hall–Kier alpha value is -2.54. The zero-order valence-corrected chi connectivity index (χ0v) is 38.8. The Morgan fingerprint density at radius 2 is 1.29 bits per heavy atom. The number of hydrogen-bond donors (Lipinski definition) is 5. The van der Waals surface area contributed by atoms with Gasteiger partial charge in [-0.2, -0.15) is 26.3 Å². The predicted octanol–water partition coefficient (Wildman–Crippen LogP) is -1.90. The van der Waals surface area contributed by atoms with Crippen molar-refractivity contribution in [2.24, 2.45) is 10.8 Å². The summed E-state index contributed by atoms with van der Waals surface area (Å²) in [4.78, 5) is 66.0. The van der Waals surface area contributed by atoms with E-state index in [0.717, 1.165) is 38.1 Å². The molecule has 2 aromatic rings. The van der Waals surface area contributed by atoms with E-state index in [9.17, 15) is 55.7 Å². The van der Waals surface area contributed by atoms with Crippen LogP contribution >= 0.6 is 0 Å². The van der Waals surface area contributed by atoms with Crippen LogP contribution < -0.4 is 119 Å². The summed E-state index contributed by atoms with van der Waals surface area (Å²) in [6, 6.07) is 5.17. The van der Waals surface area contributed by atoms with Gasteiger partial charge in [0, 0.05) is 16.8 Å². The summed E-state index contributed by atoms with van der Waals surface area (Å²) in [6.07, 6.45) is -8.92. The summed E-state index contributed by atoms with van der Waals surface area (Å²) < 4.78 is 88.1. The second-order valence-corrected chi connectivity index (χ2v) is 13.7. The van der Waals surface area contributed by atoms with Crippen molar-refractivity contribution in [1.29, 1.82) is 0 Å². The number of nitrogens with zero attached hydrogens (tertiary/aromatic N) is 2. The van der Waals surface area contributed by atoms with E-state index in [1.165, 1.54) is 0 Å². The van der Waals surface area contributed by atoms with Crippen molar-refractivity contribution in [3.63, 3.8) is 0 Å². The van der Waals surface area contributed by atoms with Gasteiger partial charge in [-0.1, -0.05) is 26.0 Å². The molecule has 1 heterocycles. The number of nitrogens with one attached hydrogen (secondary N) is 2. The maximum atomic E-state index is 13.1. The smallest absolute Gasteiger partial charge is 1.00 e. The van der Waals surface area contributed by atoms with E-state index < -0.39 is 99.5 Å². The van der Waals surface area contributed by atoms with Crippen LogP contribution in [0.2, 0.25) is 0 Å². The number of ether oxygens (including phenoxy) is 2. The van der Waals surface area contributed by atoms with Gasteiger partial charge in [0.05, 0.1) is 36.3 Å². The Morgan fingerprint density at radius 1 is 0.881 bits per heavy atom. The van der Waals surface area contributed by atoms with Gasteiger partial charge < -0.3 is 47.0 Å².